The number of amides is 2. The van der Waals surface area contributed by atoms with E-state index in [2.05, 4.69) is 5.32 Å². The molecule has 6 heteroatoms. The first kappa shape index (κ1) is 18.0. The number of para-hydroxylation sites is 1. The largest absolute Gasteiger partial charge is 0.484 e. The van der Waals surface area contributed by atoms with Crippen molar-refractivity contribution in [1.82, 2.24) is 15.1 Å². The Kier molecular flexibility index (Phi) is 6.81. The normalized spacial score (nSPS) is 17.5. The standard InChI is InChI=1S/C18H25N3O3/c1-20(2)11-6-9-17(22)19-15-10-12-21(13-15)18(23)14-24-16-7-4-3-5-8-16/h3-9,15H,10-14H2,1-2H3,(H,19,22)/b9-6+. The summed E-state index contributed by atoms with van der Waals surface area (Å²) in [4.78, 5) is 27.7. The Balaban J connectivity index is 1.71. The number of rotatable bonds is 7. The molecule has 1 aliphatic heterocycles. The van der Waals surface area contributed by atoms with Crippen LogP contribution in [-0.2, 0) is 9.59 Å². The molecule has 0 aliphatic carbocycles. The first-order chi connectivity index (χ1) is 11.5. The van der Waals surface area contributed by atoms with E-state index in [1.807, 2.05) is 55.4 Å². The summed E-state index contributed by atoms with van der Waals surface area (Å²) in [7, 11) is 3.89. The summed E-state index contributed by atoms with van der Waals surface area (Å²) < 4.78 is 5.48. The minimum atomic E-state index is -0.114. The molecule has 0 aromatic heterocycles. The van der Waals surface area contributed by atoms with Gasteiger partial charge in [-0.2, -0.15) is 0 Å². The smallest absolute Gasteiger partial charge is 0.260 e. The molecule has 2 rings (SSSR count). The topological polar surface area (TPSA) is 61.9 Å². The highest BCUT2D eigenvalue weighted by Gasteiger charge is 2.27. The molecule has 0 bridgehead atoms. The van der Waals surface area contributed by atoms with Gasteiger partial charge in [0.25, 0.3) is 5.91 Å². The Labute approximate surface area is 143 Å². The van der Waals surface area contributed by atoms with Crippen molar-refractivity contribution in [2.45, 2.75) is 12.5 Å². The molecule has 1 atom stereocenters. The molecule has 2 amide bonds. The van der Waals surface area contributed by atoms with E-state index in [1.54, 1.807) is 11.0 Å². The maximum Gasteiger partial charge on any atom is 0.260 e. The summed E-state index contributed by atoms with van der Waals surface area (Å²) in [6, 6.07) is 9.27. The van der Waals surface area contributed by atoms with Crippen molar-refractivity contribution in [2.75, 3.05) is 40.3 Å². The average molecular weight is 331 g/mol. The number of hydrogen-bond acceptors (Lipinski definition) is 4. The molecule has 1 saturated heterocycles. The van der Waals surface area contributed by atoms with Gasteiger partial charge >= 0.3 is 0 Å². The third-order valence-corrected chi connectivity index (χ3v) is 3.73. The molecule has 1 aromatic carbocycles. The maximum absolute atomic E-state index is 12.2. The van der Waals surface area contributed by atoms with Gasteiger partial charge < -0.3 is 19.9 Å². The Morgan fingerprint density at radius 2 is 2.08 bits per heavy atom. The Morgan fingerprint density at radius 1 is 1.33 bits per heavy atom. The predicted molar refractivity (Wildman–Crippen MR) is 92.8 cm³/mol. The second-order valence-electron chi connectivity index (χ2n) is 6.10. The van der Waals surface area contributed by atoms with Crippen LogP contribution in [0.2, 0.25) is 0 Å². The van der Waals surface area contributed by atoms with Crippen LogP contribution in [0.1, 0.15) is 6.42 Å². The van der Waals surface area contributed by atoms with Crippen molar-refractivity contribution in [3.63, 3.8) is 0 Å². The van der Waals surface area contributed by atoms with Crippen molar-refractivity contribution in [2.24, 2.45) is 0 Å². The van der Waals surface area contributed by atoms with E-state index in [-0.39, 0.29) is 24.5 Å². The van der Waals surface area contributed by atoms with E-state index >= 15 is 0 Å². The van der Waals surface area contributed by atoms with Gasteiger partial charge in [-0.3, -0.25) is 9.59 Å². The van der Waals surface area contributed by atoms with Gasteiger partial charge in [0.1, 0.15) is 5.75 Å². The molecule has 1 unspecified atom stereocenters. The second-order valence-corrected chi connectivity index (χ2v) is 6.10. The van der Waals surface area contributed by atoms with E-state index in [0.29, 0.717) is 18.8 Å². The quantitative estimate of drug-likeness (QED) is 0.754. The summed E-state index contributed by atoms with van der Waals surface area (Å²) in [6.45, 7) is 1.92. The zero-order valence-corrected chi connectivity index (χ0v) is 14.3. The predicted octanol–water partition coefficient (Wildman–Crippen LogP) is 0.900. The van der Waals surface area contributed by atoms with Gasteiger partial charge in [0, 0.05) is 31.8 Å². The average Bonchev–Trinajstić information content (AvgIpc) is 3.01. The zero-order chi connectivity index (χ0) is 17.4. The molecule has 130 valence electrons. The van der Waals surface area contributed by atoms with Crippen molar-refractivity contribution >= 4 is 11.8 Å². The fraction of sp³-hybridized carbons (Fsp3) is 0.444. The number of hydrogen-bond donors (Lipinski definition) is 1. The number of carbonyl (C=O) groups is 2. The molecule has 24 heavy (non-hydrogen) atoms. The SMILES string of the molecule is CN(C)C/C=C/C(=O)NC1CCN(C(=O)COc2ccccc2)C1. The molecule has 1 aromatic rings. The van der Waals surface area contributed by atoms with Crippen LogP contribution in [0.5, 0.6) is 5.75 Å². The van der Waals surface area contributed by atoms with Crippen LogP contribution in [0.4, 0.5) is 0 Å². The van der Waals surface area contributed by atoms with Gasteiger partial charge in [0.15, 0.2) is 6.61 Å². The molecular formula is C18H25N3O3. The number of ether oxygens (including phenoxy) is 1. The van der Waals surface area contributed by atoms with Gasteiger partial charge in [0.2, 0.25) is 5.91 Å². The van der Waals surface area contributed by atoms with Gasteiger partial charge in [-0.15, -0.1) is 0 Å². The van der Waals surface area contributed by atoms with Crippen LogP contribution >= 0.6 is 0 Å². The van der Waals surface area contributed by atoms with Crippen molar-refractivity contribution in [3.05, 3.63) is 42.5 Å². The lowest BCUT2D eigenvalue weighted by molar-refractivity contribution is -0.132. The van der Waals surface area contributed by atoms with Gasteiger partial charge in [0.05, 0.1) is 0 Å². The van der Waals surface area contributed by atoms with Crippen LogP contribution in [-0.4, -0.2) is 68.0 Å². The Morgan fingerprint density at radius 3 is 2.79 bits per heavy atom. The molecule has 1 heterocycles. The lowest BCUT2D eigenvalue weighted by atomic mass is 10.2. The molecule has 0 radical (unpaired) electrons. The summed E-state index contributed by atoms with van der Waals surface area (Å²) >= 11 is 0. The summed E-state index contributed by atoms with van der Waals surface area (Å²) in [5.41, 5.74) is 0. The Hall–Kier alpha value is -2.34. The van der Waals surface area contributed by atoms with Crippen LogP contribution in [0, 0.1) is 0 Å². The number of carbonyl (C=O) groups excluding carboxylic acids is 2. The summed E-state index contributed by atoms with van der Waals surface area (Å²) in [5.74, 6) is 0.511. The second kappa shape index (κ2) is 9.08. The lowest BCUT2D eigenvalue weighted by Crippen LogP contribution is -2.39. The molecule has 1 fully saturated rings. The molecular weight excluding hydrogens is 306 g/mol. The van der Waals surface area contributed by atoms with Crippen molar-refractivity contribution in [1.29, 1.82) is 0 Å². The highest BCUT2D eigenvalue weighted by Crippen LogP contribution is 2.12. The minimum Gasteiger partial charge on any atom is -0.484 e. The van der Waals surface area contributed by atoms with Crippen molar-refractivity contribution in [3.8, 4) is 5.75 Å². The van der Waals surface area contributed by atoms with Crippen LogP contribution in [0.15, 0.2) is 42.5 Å². The van der Waals surface area contributed by atoms with E-state index < -0.39 is 0 Å². The number of likely N-dealkylation sites (N-methyl/N-ethyl adjacent to an activating group) is 1. The van der Waals surface area contributed by atoms with Gasteiger partial charge in [-0.1, -0.05) is 24.3 Å². The van der Waals surface area contributed by atoms with E-state index in [4.69, 9.17) is 4.74 Å². The van der Waals surface area contributed by atoms with Crippen molar-refractivity contribution < 1.29 is 14.3 Å². The third kappa shape index (κ3) is 6.04. The number of benzene rings is 1. The lowest BCUT2D eigenvalue weighted by Gasteiger charge is -2.17. The first-order valence-electron chi connectivity index (χ1n) is 8.12. The first-order valence-corrected chi connectivity index (χ1v) is 8.12. The van der Waals surface area contributed by atoms with Gasteiger partial charge in [-0.05, 0) is 32.6 Å². The number of nitrogens with zero attached hydrogens (tertiary/aromatic N) is 2. The summed E-state index contributed by atoms with van der Waals surface area (Å²) in [5, 5.41) is 2.93. The van der Waals surface area contributed by atoms with Crippen LogP contribution in [0.3, 0.4) is 0 Å². The van der Waals surface area contributed by atoms with E-state index in [0.717, 1.165) is 13.0 Å². The minimum absolute atomic E-state index is 0.00202. The van der Waals surface area contributed by atoms with E-state index in [1.165, 1.54) is 0 Å². The molecule has 0 saturated carbocycles. The van der Waals surface area contributed by atoms with Gasteiger partial charge in [-0.25, -0.2) is 0 Å². The number of nitrogens with one attached hydrogen (secondary N) is 1. The third-order valence-electron chi connectivity index (χ3n) is 3.73. The van der Waals surface area contributed by atoms with Crippen LogP contribution < -0.4 is 10.1 Å². The Bertz CT molecular complexity index is 572. The molecule has 6 nitrogen and oxygen atoms in total. The highest BCUT2D eigenvalue weighted by atomic mass is 16.5. The molecule has 1 aliphatic rings. The highest BCUT2D eigenvalue weighted by molar-refractivity contribution is 5.88. The maximum atomic E-state index is 12.2. The molecule has 0 spiro atoms. The van der Waals surface area contributed by atoms with Crippen LogP contribution in [0.25, 0.3) is 0 Å². The number of likely N-dealkylation sites (tertiary alicyclic amines) is 1. The zero-order valence-electron chi connectivity index (χ0n) is 14.3. The fourth-order valence-electron chi connectivity index (χ4n) is 2.48. The monoisotopic (exact) mass is 331 g/mol. The summed E-state index contributed by atoms with van der Waals surface area (Å²) in [6.07, 6.45) is 4.13. The van der Waals surface area contributed by atoms with E-state index in [9.17, 15) is 9.59 Å². The molecule has 1 N–H and O–H groups in total. The fourth-order valence-corrected chi connectivity index (χ4v) is 2.48.